The number of rotatable bonds is 4. The number of nitrogens with one attached hydrogen (secondary N) is 1. The molecule has 6 nitrogen and oxygen atoms in total. The van der Waals surface area contributed by atoms with E-state index in [-0.39, 0.29) is 0 Å². The van der Waals surface area contributed by atoms with Gasteiger partial charge in [0.25, 0.3) is 0 Å². The maximum absolute atomic E-state index is 4.37. The van der Waals surface area contributed by atoms with Gasteiger partial charge in [0, 0.05) is 6.04 Å². The second kappa shape index (κ2) is 5.73. The van der Waals surface area contributed by atoms with Gasteiger partial charge in [0.05, 0.1) is 0 Å². The van der Waals surface area contributed by atoms with Crippen LogP contribution in [0.15, 0.2) is 12.1 Å². The molecule has 0 spiro atoms. The topological polar surface area (TPSA) is 68.0 Å². The standard InChI is InChI=1S/C14H22N6/c1-10(12-6-4-3-5-7-12)11(2)15-13-8-9-14-16-18-19-20(14)17-13/h8-12H,3-7H2,1-2H3,(H,15,17). The predicted molar refractivity (Wildman–Crippen MR) is 77.4 cm³/mol. The lowest BCUT2D eigenvalue weighted by molar-refractivity contribution is 0.246. The van der Waals surface area contributed by atoms with Crippen molar-refractivity contribution in [3.63, 3.8) is 0 Å². The van der Waals surface area contributed by atoms with Crippen LogP contribution in [0, 0.1) is 11.8 Å². The van der Waals surface area contributed by atoms with Gasteiger partial charge >= 0.3 is 0 Å². The first kappa shape index (κ1) is 13.3. The molecule has 2 unspecified atom stereocenters. The zero-order valence-electron chi connectivity index (χ0n) is 12.2. The van der Waals surface area contributed by atoms with Gasteiger partial charge in [0.2, 0.25) is 0 Å². The van der Waals surface area contributed by atoms with Crippen molar-refractivity contribution in [1.29, 1.82) is 0 Å². The Morgan fingerprint density at radius 1 is 1.20 bits per heavy atom. The smallest absolute Gasteiger partial charge is 0.200 e. The van der Waals surface area contributed by atoms with Crippen LogP contribution in [0.5, 0.6) is 0 Å². The van der Waals surface area contributed by atoms with Gasteiger partial charge in [-0.1, -0.05) is 39.0 Å². The van der Waals surface area contributed by atoms with Crippen molar-refractivity contribution >= 4 is 11.5 Å². The van der Waals surface area contributed by atoms with Crippen LogP contribution in [0.1, 0.15) is 46.0 Å². The van der Waals surface area contributed by atoms with Gasteiger partial charge < -0.3 is 5.32 Å². The highest BCUT2D eigenvalue weighted by atomic mass is 15.6. The molecular weight excluding hydrogens is 252 g/mol. The van der Waals surface area contributed by atoms with Gasteiger partial charge in [-0.25, -0.2) is 0 Å². The average Bonchev–Trinajstić information content (AvgIpc) is 2.95. The Morgan fingerprint density at radius 2 is 2.00 bits per heavy atom. The zero-order valence-corrected chi connectivity index (χ0v) is 12.2. The van der Waals surface area contributed by atoms with Crippen molar-refractivity contribution in [3.05, 3.63) is 12.1 Å². The molecule has 2 aromatic heterocycles. The average molecular weight is 274 g/mol. The van der Waals surface area contributed by atoms with Crippen LogP contribution in [-0.4, -0.2) is 31.3 Å². The van der Waals surface area contributed by atoms with Crippen LogP contribution in [0.4, 0.5) is 5.82 Å². The maximum atomic E-state index is 4.37. The van der Waals surface area contributed by atoms with E-state index in [1.165, 1.54) is 36.7 Å². The van der Waals surface area contributed by atoms with Gasteiger partial charge in [0.15, 0.2) is 5.65 Å². The molecule has 108 valence electrons. The van der Waals surface area contributed by atoms with Crippen molar-refractivity contribution in [3.8, 4) is 0 Å². The highest BCUT2D eigenvalue weighted by molar-refractivity contribution is 5.42. The van der Waals surface area contributed by atoms with E-state index in [2.05, 4.69) is 39.8 Å². The van der Waals surface area contributed by atoms with Crippen molar-refractivity contribution in [2.24, 2.45) is 11.8 Å². The molecule has 1 aliphatic carbocycles. The Balaban J connectivity index is 1.66. The van der Waals surface area contributed by atoms with Crippen LogP contribution in [-0.2, 0) is 0 Å². The fraction of sp³-hybridized carbons (Fsp3) is 0.714. The summed E-state index contributed by atoms with van der Waals surface area (Å²) < 4.78 is 1.46. The predicted octanol–water partition coefficient (Wildman–Crippen LogP) is 2.54. The first-order valence-electron chi connectivity index (χ1n) is 7.56. The summed E-state index contributed by atoms with van der Waals surface area (Å²) in [6.07, 6.45) is 6.91. The quantitative estimate of drug-likeness (QED) is 0.928. The lowest BCUT2D eigenvalue weighted by Crippen LogP contribution is -2.31. The molecule has 1 aliphatic rings. The number of nitrogens with zero attached hydrogens (tertiary/aromatic N) is 5. The van der Waals surface area contributed by atoms with Crippen LogP contribution in [0.25, 0.3) is 5.65 Å². The van der Waals surface area contributed by atoms with E-state index in [1.54, 1.807) is 0 Å². The van der Waals surface area contributed by atoms with Gasteiger partial charge in [-0.05, 0) is 41.3 Å². The number of tetrazole rings is 1. The molecule has 1 fully saturated rings. The molecule has 2 heterocycles. The summed E-state index contributed by atoms with van der Waals surface area (Å²) in [6.45, 7) is 4.59. The third kappa shape index (κ3) is 2.73. The normalized spacial score (nSPS) is 19.9. The summed E-state index contributed by atoms with van der Waals surface area (Å²) >= 11 is 0. The molecule has 0 amide bonds. The van der Waals surface area contributed by atoms with Crippen LogP contribution in [0.2, 0.25) is 0 Å². The van der Waals surface area contributed by atoms with E-state index >= 15 is 0 Å². The Bertz CT molecular complexity index is 560. The molecule has 1 N–H and O–H groups in total. The lowest BCUT2D eigenvalue weighted by atomic mass is 9.78. The minimum absolute atomic E-state index is 0.402. The molecule has 20 heavy (non-hydrogen) atoms. The second-order valence-corrected chi connectivity index (χ2v) is 5.94. The molecule has 0 aliphatic heterocycles. The number of hydrogen-bond acceptors (Lipinski definition) is 5. The van der Waals surface area contributed by atoms with E-state index in [1.807, 2.05) is 12.1 Å². The third-order valence-corrected chi connectivity index (χ3v) is 4.63. The fourth-order valence-corrected chi connectivity index (χ4v) is 3.16. The molecule has 2 aromatic rings. The summed E-state index contributed by atoms with van der Waals surface area (Å²) in [5.41, 5.74) is 0.670. The molecule has 6 heteroatoms. The number of aromatic nitrogens is 5. The molecule has 0 saturated heterocycles. The van der Waals surface area contributed by atoms with E-state index < -0.39 is 0 Å². The minimum atomic E-state index is 0.402. The summed E-state index contributed by atoms with van der Waals surface area (Å²) in [5.74, 6) is 2.32. The monoisotopic (exact) mass is 274 g/mol. The molecule has 0 aromatic carbocycles. The Morgan fingerprint density at radius 3 is 2.80 bits per heavy atom. The van der Waals surface area contributed by atoms with Gasteiger partial charge in [0.1, 0.15) is 5.82 Å². The van der Waals surface area contributed by atoms with Crippen LogP contribution < -0.4 is 5.32 Å². The summed E-state index contributed by atoms with van der Waals surface area (Å²) in [4.78, 5) is 0. The second-order valence-electron chi connectivity index (χ2n) is 5.94. The van der Waals surface area contributed by atoms with E-state index in [4.69, 9.17) is 0 Å². The van der Waals surface area contributed by atoms with E-state index in [0.29, 0.717) is 17.6 Å². The van der Waals surface area contributed by atoms with Crippen LogP contribution in [0.3, 0.4) is 0 Å². The highest BCUT2D eigenvalue weighted by Crippen LogP contribution is 2.32. The fourth-order valence-electron chi connectivity index (χ4n) is 3.16. The first-order valence-corrected chi connectivity index (χ1v) is 7.56. The van der Waals surface area contributed by atoms with Crippen molar-refractivity contribution in [1.82, 2.24) is 25.3 Å². The number of fused-ring (bicyclic) bond motifs is 1. The van der Waals surface area contributed by atoms with Crippen molar-refractivity contribution < 1.29 is 0 Å². The zero-order chi connectivity index (χ0) is 13.9. The van der Waals surface area contributed by atoms with Gasteiger partial charge in [-0.2, -0.15) is 0 Å². The number of hydrogen-bond donors (Lipinski definition) is 1. The number of anilines is 1. The SMILES string of the molecule is CC(Nc1ccc2nnnn2n1)C(C)C1CCCCC1. The summed E-state index contributed by atoms with van der Waals surface area (Å²) in [5, 5.41) is 19.2. The van der Waals surface area contributed by atoms with E-state index in [0.717, 1.165) is 11.7 Å². The Labute approximate surface area is 118 Å². The third-order valence-electron chi connectivity index (χ3n) is 4.63. The Hall–Kier alpha value is -1.72. The van der Waals surface area contributed by atoms with Crippen molar-refractivity contribution in [2.45, 2.75) is 52.0 Å². The summed E-state index contributed by atoms with van der Waals surface area (Å²) in [7, 11) is 0. The molecule has 3 rings (SSSR count). The Kier molecular flexibility index (Phi) is 3.80. The largest absolute Gasteiger partial charge is 0.366 e. The van der Waals surface area contributed by atoms with Crippen molar-refractivity contribution in [2.75, 3.05) is 5.32 Å². The van der Waals surface area contributed by atoms with Crippen LogP contribution >= 0.6 is 0 Å². The molecule has 0 bridgehead atoms. The highest BCUT2D eigenvalue weighted by Gasteiger charge is 2.24. The van der Waals surface area contributed by atoms with Gasteiger partial charge in [-0.3, -0.25) is 0 Å². The molecular formula is C14H22N6. The summed E-state index contributed by atoms with van der Waals surface area (Å²) in [6, 6.07) is 4.22. The molecule has 0 radical (unpaired) electrons. The minimum Gasteiger partial charge on any atom is -0.366 e. The molecule has 2 atom stereocenters. The maximum Gasteiger partial charge on any atom is 0.200 e. The van der Waals surface area contributed by atoms with E-state index in [9.17, 15) is 0 Å². The lowest BCUT2D eigenvalue weighted by Gasteiger charge is -2.32. The van der Waals surface area contributed by atoms with Gasteiger partial charge in [-0.15, -0.1) is 14.8 Å². The first-order chi connectivity index (χ1) is 9.74. The molecule has 1 saturated carbocycles.